The summed E-state index contributed by atoms with van der Waals surface area (Å²) >= 11 is 1.52. The van der Waals surface area contributed by atoms with Crippen molar-refractivity contribution < 1.29 is 22.3 Å². The third-order valence-electron chi connectivity index (χ3n) is 4.24. The van der Waals surface area contributed by atoms with Crippen LogP contribution in [0.3, 0.4) is 0 Å². The van der Waals surface area contributed by atoms with Gasteiger partial charge < -0.3 is 10.1 Å². The maximum Gasteiger partial charge on any atom is 0.247 e. The van der Waals surface area contributed by atoms with E-state index in [1.165, 1.54) is 31.6 Å². The van der Waals surface area contributed by atoms with E-state index in [1.54, 1.807) is 18.2 Å². The number of nitrogens with one attached hydrogen (secondary N) is 1. The number of carbonyl (C=O) groups excluding carboxylic acids is 1. The van der Waals surface area contributed by atoms with E-state index in [1.807, 2.05) is 18.4 Å². The molecule has 2 aromatic carbocycles. The van der Waals surface area contributed by atoms with Gasteiger partial charge in [-0.15, -0.1) is 11.3 Å². The number of sulfonamides is 1. The molecular formula is C20H20FN3O4S2. The molecule has 0 radical (unpaired) electrons. The van der Waals surface area contributed by atoms with Crippen LogP contribution in [0, 0.1) is 12.7 Å². The highest BCUT2D eigenvalue weighted by molar-refractivity contribution is 7.89. The number of thiazole rings is 1. The zero-order valence-electron chi connectivity index (χ0n) is 16.5. The normalized spacial score (nSPS) is 11.5. The number of benzene rings is 2. The van der Waals surface area contributed by atoms with E-state index in [0.29, 0.717) is 5.69 Å². The summed E-state index contributed by atoms with van der Waals surface area (Å²) in [7, 11) is -1.61. The first-order valence-electron chi connectivity index (χ1n) is 8.83. The number of hydrogen-bond donors (Lipinski definition) is 1. The summed E-state index contributed by atoms with van der Waals surface area (Å²) in [6.45, 7) is 1.45. The Morgan fingerprint density at radius 3 is 2.70 bits per heavy atom. The monoisotopic (exact) mass is 449 g/mol. The lowest BCUT2D eigenvalue weighted by Crippen LogP contribution is -2.35. The Hall–Kier alpha value is -2.82. The van der Waals surface area contributed by atoms with E-state index in [-0.39, 0.29) is 10.6 Å². The predicted octanol–water partition coefficient (Wildman–Crippen LogP) is 3.53. The average molecular weight is 450 g/mol. The molecule has 3 aromatic rings. The summed E-state index contributed by atoms with van der Waals surface area (Å²) in [6, 6.07) is 10.3. The fourth-order valence-corrected chi connectivity index (χ4v) is 4.67. The summed E-state index contributed by atoms with van der Waals surface area (Å²) < 4.78 is 45.0. The van der Waals surface area contributed by atoms with Crippen LogP contribution in [0.1, 0.15) is 5.01 Å². The second kappa shape index (κ2) is 8.90. The smallest absolute Gasteiger partial charge is 0.247 e. The number of carbonyl (C=O) groups is 1. The van der Waals surface area contributed by atoms with Crippen molar-refractivity contribution in [3.63, 3.8) is 0 Å². The number of aromatic nitrogens is 1. The van der Waals surface area contributed by atoms with Crippen LogP contribution in [0.25, 0.3) is 11.3 Å². The SMILES string of the molecule is COc1ccc(F)cc1S(=O)(=O)N(C)CC(=O)Nc1cccc(-c2csc(C)n2)c1. The van der Waals surface area contributed by atoms with Crippen LogP contribution < -0.4 is 10.1 Å². The van der Waals surface area contributed by atoms with Crippen LogP contribution in [-0.4, -0.2) is 44.3 Å². The van der Waals surface area contributed by atoms with Crippen molar-refractivity contribution in [3.05, 3.63) is 58.7 Å². The number of ether oxygens (including phenoxy) is 1. The highest BCUT2D eigenvalue weighted by Gasteiger charge is 2.27. The van der Waals surface area contributed by atoms with E-state index in [9.17, 15) is 17.6 Å². The van der Waals surface area contributed by atoms with Crippen molar-refractivity contribution in [2.75, 3.05) is 26.0 Å². The fraction of sp³-hybridized carbons (Fsp3) is 0.200. The van der Waals surface area contributed by atoms with Gasteiger partial charge in [-0.2, -0.15) is 4.31 Å². The Balaban J connectivity index is 1.74. The van der Waals surface area contributed by atoms with Crippen LogP contribution in [0.15, 0.2) is 52.7 Å². The minimum Gasteiger partial charge on any atom is -0.495 e. The van der Waals surface area contributed by atoms with Crippen molar-refractivity contribution in [1.82, 2.24) is 9.29 Å². The summed E-state index contributed by atoms with van der Waals surface area (Å²) in [4.78, 5) is 16.5. The minimum atomic E-state index is -4.14. The molecule has 10 heteroatoms. The lowest BCUT2D eigenvalue weighted by Gasteiger charge is -2.18. The Labute approximate surface area is 178 Å². The number of likely N-dealkylation sites (N-methyl/N-ethyl adjacent to an activating group) is 1. The Bertz CT molecular complexity index is 1180. The molecule has 7 nitrogen and oxygen atoms in total. The first-order chi connectivity index (χ1) is 14.2. The predicted molar refractivity (Wildman–Crippen MR) is 114 cm³/mol. The van der Waals surface area contributed by atoms with E-state index in [4.69, 9.17) is 4.74 Å². The lowest BCUT2D eigenvalue weighted by molar-refractivity contribution is -0.116. The molecule has 1 amide bonds. The molecule has 1 N–H and O–H groups in total. The maximum atomic E-state index is 13.6. The Kier molecular flexibility index (Phi) is 6.49. The molecule has 30 heavy (non-hydrogen) atoms. The summed E-state index contributed by atoms with van der Waals surface area (Å²) in [5.74, 6) is -1.26. The number of aryl methyl sites for hydroxylation is 1. The van der Waals surface area contributed by atoms with Crippen LogP contribution in [0.2, 0.25) is 0 Å². The molecule has 0 aliphatic heterocycles. The molecule has 0 unspecified atom stereocenters. The van der Waals surface area contributed by atoms with Gasteiger partial charge in [0.25, 0.3) is 0 Å². The van der Waals surface area contributed by atoms with Crippen LogP contribution >= 0.6 is 11.3 Å². The first-order valence-corrected chi connectivity index (χ1v) is 11.1. The quantitative estimate of drug-likeness (QED) is 0.596. The van der Waals surface area contributed by atoms with Crippen molar-refractivity contribution in [2.45, 2.75) is 11.8 Å². The largest absolute Gasteiger partial charge is 0.495 e. The third-order valence-corrected chi connectivity index (χ3v) is 6.84. The molecule has 0 saturated carbocycles. The zero-order valence-corrected chi connectivity index (χ0v) is 18.2. The number of rotatable bonds is 7. The minimum absolute atomic E-state index is 0.00471. The molecule has 0 aliphatic rings. The Morgan fingerprint density at radius 1 is 1.27 bits per heavy atom. The topological polar surface area (TPSA) is 88.6 Å². The van der Waals surface area contributed by atoms with E-state index in [2.05, 4.69) is 10.3 Å². The molecule has 0 bridgehead atoms. The lowest BCUT2D eigenvalue weighted by atomic mass is 10.1. The van der Waals surface area contributed by atoms with Crippen LogP contribution in [-0.2, 0) is 14.8 Å². The maximum absolute atomic E-state index is 13.6. The Morgan fingerprint density at radius 2 is 2.03 bits per heavy atom. The van der Waals surface area contributed by atoms with Crippen molar-refractivity contribution >= 4 is 33.0 Å². The molecule has 3 rings (SSSR count). The summed E-state index contributed by atoms with van der Waals surface area (Å²) in [5, 5.41) is 5.53. The summed E-state index contributed by atoms with van der Waals surface area (Å²) in [6.07, 6.45) is 0. The van der Waals surface area contributed by atoms with E-state index < -0.39 is 28.3 Å². The zero-order chi connectivity index (χ0) is 21.9. The molecule has 0 atom stereocenters. The highest BCUT2D eigenvalue weighted by Crippen LogP contribution is 2.27. The van der Waals surface area contributed by atoms with Gasteiger partial charge in [0.2, 0.25) is 15.9 Å². The second-order valence-corrected chi connectivity index (χ2v) is 9.51. The van der Waals surface area contributed by atoms with Gasteiger partial charge in [-0.05, 0) is 37.3 Å². The molecule has 0 fully saturated rings. The molecule has 0 aliphatic carbocycles. The van der Waals surface area contributed by atoms with Gasteiger partial charge >= 0.3 is 0 Å². The number of halogens is 1. The molecule has 0 spiro atoms. The van der Waals surface area contributed by atoms with Crippen molar-refractivity contribution in [3.8, 4) is 17.0 Å². The van der Waals surface area contributed by atoms with Gasteiger partial charge in [0, 0.05) is 23.7 Å². The van der Waals surface area contributed by atoms with Crippen LogP contribution in [0.5, 0.6) is 5.75 Å². The number of amides is 1. The van der Waals surface area contributed by atoms with Crippen molar-refractivity contribution in [1.29, 1.82) is 0 Å². The second-order valence-electron chi connectivity index (χ2n) is 6.44. The fourth-order valence-electron chi connectivity index (χ4n) is 2.76. The third kappa shape index (κ3) is 4.84. The van der Waals surface area contributed by atoms with Gasteiger partial charge in [-0.3, -0.25) is 4.79 Å². The van der Waals surface area contributed by atoms with Crippen LogP contribution in [0.4, 0.5) is 10.1 Å². The molecule has 1 aromatic heterocycles. The van der Waals surface area contributed by atoms with Gasteiger partial charge in [0.15, 0.2) is 0 Å². The number of anilines is 1. The highest BCUT2D eigenvalue weighted by atomic mass is 32.2. The average Bonchev–Trinajstić information content (AvgIpc) is 3.14. The van der Waals surface area contributed by atoms with Gasteiger partial charge in [0.1, 0.15) is 16.5 Å². The first kappa shape index (κ1) is 21.9. The molecular weight excluding hydrogens is 429 g/mol. The molecule has 1 heterocycles. The summed E-state index contributed by atoms with van der Waals surface area (Å²) in [5.41, 5.74) is 2.14. The van der Waals surface area contributed by atoms with Gasteiger partial charge in [0.05, 0.1) is 24.4 Å². The van der Waals surface area contributed by atoms with E-state index in [0.717, 1.165) is 32.7 Å². The van der Waals surface area contributed by atoms with E-state index >= 15 is 0 Å². The number of methoxy groups -OCH3 is 1. The van der Waals surface area contributed by atoms with Gasteiger partial charge in [-0.1, -0.05) is 12.1 Å². The van der Waals surface area contributed by atoms with Crippen molar-refractivity contribution in [2.24, 2.45) is 0 Å². The molecule has 158 valence electrons. The molecule has 0 saturated heterocycles. The number of nitrogens with zero attached hydrogens (tertiary/aromatic N) is 2. The number of hydrogen-bond acceptors (Lipinski definition) is 6. The van der Waals surface area contributed by atoms with Gasteiger partial charge in [-0.25, -0.2) is 17.8 Å². The standard InChI is InChI=1S/C20H20FN3O4S2/c1-13-22-17(12-29-13)14-5-4-6-16(9-14)23-20(25)11-24(2)30(26,27)19-10-15(21)7-8-18(19)28-3/h4-10,12H,11H2,1-3H3,(H,23,25).